The van der Waals surface area contributed by atoms with Gasteiger partial charge >= 0.3 is 11.6 Å². The van der Waals surface area contributed by atoms with E-state index in [2.05, 4.69) is 4.98 Å². The van der Waals surface area contributed by atoms with Crippen LogP contribution in [0.2, 0.25) is 0 Å². The second-order valence-electron chi connectivity index (χ2n) is 12.4. The van der Waals surface area contributed by atoms with Gasteiger partial charge in [-0.15, -0.1) is 0 Å². The van der Waals surface area contributed by atoms with Gasteiger partial charge in [-0.3, -0.25) is 9.78 Å². The van der Waals surface area contributed by atoms with E-state index in [-0.39, 0.29) is 41.5 Å². The number of carbonyl (C=O) groups excluding carboxylic acids is 1. The van der Waals surface area contributed by atoms with E-state index in [1.54, 1.807) is 44.4 Å². The SMILES string of the molecule is C[C@]12CC[C@@](C)(O)[C@H](COC(=O)C3CC3)[C@H]1C[C@H](O)[C@@]1(C)Oc3cc(-c4cccnc4)oc(=O)c3[C@H](O)[C@H]21. The number of nitrogens with zero attached hydrogens (tertiary/aromatic N) is 1. The van der Waals surface area contributed by atoms with Crippen molar-refractivity contribution in [1.82, 2.24) is 4.98 Å². The van der Waals surface area contributed by atoms with Gasteiger partial charge in [0.2, 0.25) is 0 Å². The third kappa shape index (κ3) is 3.81. The molecule has 4 aliphatic rings. The summed E-state index contributed by atoms with van der Waals surface area (Å²) >= 11 is 0. The largest absolute Gasteiger partial charge is 0.484 e. The maximum atomic E-state index is 13.2. The summed E-state index contributed by atoms with van der Waals surface area (Å²) in [5.74, 6) is -1.25. The highest BCUT2D eigenvalue weighted by molar-refractivity contribution is 5.74. The third-order valence-corrected chi connectivity index (χ3v) is 9.92. The third-order valence-electron chi connectivity index (χ3n) is 9.92. The fourth-order valence-corrected chi connectivity index (χ4v) is 7.54. The number of carbonyl (C=O) groups is 1. The number of esters is 1. The Labute approximate surface area is 220 Å². The smallest absolute Gasteiger partial charge is 0.345 e. The van der Waals surface area contributed by atoms with E-state index in [9.17, 15) is 24.9 Å². The van der Waals surface area contributed by atoms with Gasteiger partial charge in [0, 0.05) is 35.9 Å². The van der Waals surface area contributed by atoms with Gasteiger partial charge in [-0.25, -0.2) is 4.79 Å². The van der Waals surface area contributed by atoms with E-state index in [1.807, 2.05) is 6.92 Å². The summed E-state index contributed by atoms with van der Waals surface area (Å²) in [5.41, 5.74) is -3.02. The van der Waals surface area contributed by atoms with Crippen molar-refractivity contribution in [2.75, 3.05) is 6.61 Å². The van der Waals surface area contributed by atoms with Crippen molar-refractivity contribution in [2.24, 2.45) is 29.1 Å². The molecule has 3 fully saturated rings. The summed E-state index contributed by atoms with van der Waals surface area (Å²) in [6.45, 7) is 5.60. The summed E-state index contributed by atoms with van der Waals surface area (Å²) in [4.78, 5) is 29.6. The van der Waals surface area contributed by atoms with Crippen LogP contribution in [-0.4, -0.2) is 50.2 Å². The number of aromatic nitrogens is 1. The lowest BCUT2D eigenvalue weighted by molar-refractivity contribution is -0.258. The molecule has 8 atom stereocenters. The average Bonchev–Trinajstić information content (AvgIpc) is 3.71. The number of pyridine rings is 1. The number of aliphatic hydroxyl groups is 3. The quantitative estimate of drug-likeness (QED) is 0.514. The van der Waals surface area contributed by atoms with Gasteiger partial charge in [-0.1, -0.05) is 6.92 Å². The molecule has 0 bridgehead atoms. The summed E-state index contributed by atoms with van der Waals surface area (Å²) in [6.07, 6.45) is 3.83. The molecular formula is C29H35NO8. The van der Waals surface area contributed by atoms with Crippen molar-refractivity contribution < 1.29 is 34.0 Å². The zero-order chi connectivity index (χ0) is 27.0. The second-order valence-corrected chi connectivity index (χ2v) is 12.4. The molecule has 9 heteroatoms. The molecule has 0 radical (unpaired) electrons. The number of rotatable bonds is 4. The molecule has 3 aliphatic carbocycles. The predicted octanol–water partition coefficient (Wildman–Crippen LogP) is 3.00. The lowest BCUT2D eigenvalue weighted by Gasteiger charge is -2.65. The van der Waals surface area contributed by atoms with Crippen LogP contribution < -0.4 is 10.4 Å². The Hall–Kier alpha value is -2.75. The predicted molar refractivity (Wildman–Crippen MR) is 135 cm³/mol. The molecule has 3 saturated carbocycles. The fourth-order valence-electron chi connectivity index (χ4n) is 7.54. The van der Waals surface area contributed by atoms with Gasteiger partial charge in [0.15, 0.2) is 0 Å². The number of fused-ring (bicyclic) bond motifs is 4. The van der Waals surface area contributed by atoms with Gasteiger partial charge < -0.3 is 29.2 Å². The first kappa shape index (κ1) is 25.5. The molecule has 3 heterocycles. The summed E-state index contributed by atoms with van der Waals surface area (Å²) in [7, 11) is 0. The molecule has 0 amide bonds. The standard InChI is InChI=1S/C29H35NO8/c1-27-8-9-28(2,35)18(14-36-25(33)15-6-7-15)17(27)11-21(31)29(3)24(27)23(32)22-20(38-29)12-19(37-26(22)34)16-5-4-10-30-13-16/h4-5,10,12-13,15,17-18,21,23-24,31-32,35H,6-9,11,14H2,1-3H3/t17-,18-,21+,23+,24-,27+,28-,29-/m1/s1. The minimum Gasteiger partial charge on any atom is -0.484 e. The second kappa shape index (κ2) is 8.63. The summed E-state index contributed by atoms with van der Waals surface area (Å²) in [6, 6.07) is 5.06. The van der Waals surface area contributed by atoms with Crippen molar-refractivity contribution in [3.05, 3.63) is 46.6 Å². The molecule has 0 saturated heterocycles. The van der Waals surface area contributed by atoms with Crippen molar-refractivity contribution in [1.29, 1.82) is 0 Å². The lowest BCUT2D eigenvalue weighted by atomic mass is 9.44. The molecule has 38 heavy (non-hydrogen) atoms. The molecule has 2 aromatic heterocycles. The Balaban J connectivity index is 1.39. The first-order valence-corrected chi connectivity index (χ1v) is 13.5. The highest BCUT2D eigenvalue weighted by atomic mass is 16.5. The van der Waals surface area contributed by atoms with E-state index >= 15 is 0 Å². The normalized spacial score (nSPS) is 39.8. The van der Waals surface area contributed by atoms with Crippen LogP contribution >= 0.6 is 0 Å². The highest BCUT2D eigenvalue weighted by Gasteiger charge is 2.68. The van der Waals surface area contributed by atoms with Crippen LogP contribution in [0.3, 0.4) is 0 Å². The molecule has 0 aromatic carbocycles. The minimum absolute atomic E-state index is 0.0308. The van der Waals surface area contributed by atoms with Crippen molar-refractivity contribution >= 4 is 5.97 Å². The van der Waals surface area contributed by atoms with E-state index in [0.29, 0.717) is 24.8 Å². The Morgan fingerprint density at radius 1 is 1.21 bits per heavy atom. The first-order valence-electron chi connectivity index (χ1n) is 13.5. The molecule has 204 valence electrons. The molecule has 1 aliphatic heterocycles. The van der Waals surface area contributed by atoms with E-state index in [1.165, 1.54) is 0 Å². The number of aliphatic hydroxyl groups excluding tert-OH is 2. The van der Waals surface area contributed by atoms with Crippen LogP contribution in [0.4, 0.5) is 0 Å². The summed E-state index contributed by atoms with van der Waals surface area (Å²) in [5, 5.41) is 34.7. The van der Waals surface area contributed by atoms with Gasteiger partial charge in [-0.05, 0) is 69.4 Å². The number of ether oxygens (including phenoxy) is 2. The van der Waals surface area contributed by atoms with Crippen LogP contribution in [-0.2, 0) is 9.53 Å². The maximum absolute atomic E-state index is 13.2. The molecule has 3 N–H and O–H groups in total. The van der Waals surface area contributed by atoms with Crippen LogP contribution in [0.1, 0.15) is 64.5 Å². The minimum atomic E-state index is -1.26. The highest BCUT2D eigenvalue weighted by Crippen LogP contribution is 2.65. The average molecular weight is 526 g/mol. The molecule has 9 nitrogen and oxygen atoms in total. The monoisotopic (exact) mass is 525 g/mol. The molecule has 0 spiro atoms. The Bertz CT molecular complexity index is 1300. The Morgan fingerprint density at radius 2 is 1.97 bits per heavy atom. The molecule has 0 unspecified atom stereocenters. The van der Waals surface area contributed by atoms with Gasteiger partial charge in [0.25, 0.3) is 0 Å². The topological polar surface area (TPSA) is 139 Å². The van der Waals surface area contributed by atoms with Crippen molar-refractivity contribution in [2.45, 2.75) is 76.3 Å². The number of hydrogen-bond donors (Lipinski definition) is 3. The zero-order valence-electron chi connectivity index (χ0n) is 21.9. The fraction of sp³-hybridized carbons (Fsp3) is 0.621. The Morgan fingerprint density at radius 3 is 2.66 bits per heavy atom. The van der Waals surface area contributed by atoms with Gasteiger partial charge in [0.1, 0.15) is 22.7 Å². The van der Waals surface area contributed by atoms with E-state index in [0.717, 1.165) is 12.8 Å². The van der Waals surface area contributed by atoms with Gasteiger partial charge in [-0.2, -0.15) is 0 Å². The van der Waals surface area contributed by atoms with Crippen LogP contribution in [0, 0.1) is 29.1 Å². The molecule has 2 aromatic rings. The van der Waals surface area contributed by atoms with Gasteiger partial charge in [0.05, 0.1) is 30.3 Å². The lowest BCUT2D eigenvalue weighted by Crippen LogP contribution is -2.70. The van der Waals surface area contributed by atoms with Crippen LogP contribution in [0.5, 0.6) is 5.75 Å². The number of hydrogen-bond acceptors (Lipinski definition) is 9. The van der Waals surface area contributed by atoms with E-state index < -0.39 is 46.3 Å². The Kier molecular flexibility index (Phi) is 5.79. The van der Waals surface area contributed by atoms with Crippen molar-refractivity contribution in [3.8, 4) is 17.1 Å². The van der Waals surface area contributed by atoms with E-state index in [4.69, 9.17) is 13.9 Å². The van der Waals surface area contributed by atoms with Crippen LogP contribution in [0.15, 0.2) is 39.8 Å². The van der Waals surface area contributed by atoms with Crippen molar-refractivity contribution in [3.63, 3.8) is 0 Å². The summed E-state index contributed by atoms with van der Waals surface area (Å²) < 4.78 is 17.7. The molecule has 6 rings (SSSR count). The molecular weight excluding hydrogens is 490 g/mol. The first-order chi connectivity index (χ1) is 18.0. The maximum Gasteiger partial charge on any atom is 0.345 e. The van der Waals surface area contributed by atoms with Crippen LogP contribution in [0.25, 0.3) is 11.3 Å². The zero-order valence-corrected chi connectivity index (χ0v) is 21.9.